The minimum absolute atomic E-state index is 0.0753. The van der Waals surface area contributed by atoms with Crippen molar-refractivity contribution in [3.8, 4) is 0 Å². The summed E-state index contributed by atoms with van der Waals surface area (Å²) >= 11 is 1.15. The summed E-state index contributed by atoms with van der Waals surface area (Å²) in [6.45, 7) is 1.42. The Morgan fingerprint density at radius 1 is 1.28 bits per heavy atom. The molecule has 3 rings (SSSR count). The Morgan fingerprint density at radius 3 is 2.69 bits per heavy atom. The lowest BCUT2D eigenvalue weighted by Crippen LogP contribution is -2.48. The molecular formula is C20H29N9O5S2. The number of nitrogens with one attached hydrogen (secondary N) is 3. The minimum Gasteiger partial charge on any atom is -0.370 e. The van der Waals surface area contributed by atoms with Gasteiger partial charge in [-0.05, 0) is 25.0 Å². The minimum atomic E-state index is -3.93. The number of anilines is 1. The van der Waals surface area contributed by atoms with E-state index in [-0.39, 0.29) is 48.5 Å². The number of ketones is 1. The van der Waals surface area contributed by atoms with Gasteiger partial charge in [0.15, 0.2) is 11.0 Å². The van der Waals surface area contributed by atoms with Crippen molar-refractivity contribution >= 4 is 44.9 Å². The zero-order valence-corrected chi connectivity index (χ0v) is 21.1. The summed E-state index contributed by atoms with van der Waals surface area (Å²) in [6, 6.07) is 1.88. The first-order valence-corrected chi connectivity index (χ1v) is 13.5. The Balaban J connectivity index is 1.69. The summed E-state index contributed by atoms with van der Waals surface area (Å²) in [5.41, 5.74) is 9.77. The third kappa shape index (κ3) is 7.58. The molecular weight excluding hydrogens is 510 g/mol. The molecule has 0 spiro atoms. The van der Waals surface area contributed by atoms with E-state index in [1.165, 1.54) is 28.8 Å². The fraction of sp³-hybridized carbons (Fsp3) is 0.450. The number of aliphatic imine (C=N–C) groups is 1. The normalized spacial score (nSPS) is 15.1. The van der Waals surface area contributed by atoms with Crippen LogP contribution in [0.4, 0.5) is 5.69 Å². The molecule has 36 heavy (non-hydrogen) atoms. The first kappa shape index (κ1) is 27.3. The smallest absolute Gasteiger partial charge is 0.301 e. The molecule has 0 aliphatic carbocycles. The fourth-order valence-corrected chi connectivity index (χ4v) is 5.34. The molecule has 14 nitrogen and oxygen atoms in total. The molecule has 0 saturated carbocycles. The molecule has 0 radical (unpaired) electrons. The van der Waals surface area contributed by atoms with Crippen LogP contribution in [0.5, 0.6) is 0 Å². The number of hydrogen-bond acceptors (Lipinski definition) is 9. The molecule has 2 aromatic rings. The number of hydrogen-bond donors (Lipinski definition) is 5. The van der Waals surface area contributed by atoms with Gasteiger partial charge in [-0.1, -0.05) is 0 Å². The Bertz CT molecular complexity index is 1230. The van der Waals surface area contributed by atoms with E-state index in [0.29, 0.717) is 19.5 Å². The van der Waals surface area contributed by atoms with Crippen LogP contribution in [-0.2, 0) is 21.5 Å². The van der Waals surface area contributed by atoms with Crippen LogP contribution in [-0.4, -0.2) is 78.7 Å². The van der Waals surface area contributed by atoms with Crippen LogP contribution in [0.25, 0.3) is 0 Å². The highest BCUT2D eigenvalue weighted by molar-refractivity contribution is 7.90. The van der Waals surface area contributed by atoms with Crippen molar-refractivity contribution in [2.24, 2.45) is 16.5 Å². The molecule has 2 aromatic heterocycles. The first-order valence-electron chi connectivity index (χ1n) is 11.1. The van der Waals surface area contributed by atoms with Gasteiger partial charge >= 0.3 is 10.2 Å². The maximum Gasteiger partial charge on any atom is 0.301 e. The molecule has 1 aliphatic heterocycles. The second-order valence-corrected chi connectivity index (χ2v) is 10.4. The van der Waals surface area contributed by atoms with Crippen LogP contribution in [0.15, 0.2) is 39.7 Å². The van der Waals surface area contributed by atoms with Crippen LogP contribution in [0.3, 0.4) is 0 Å². The number of rotatable bonds is 12. The van der Waals surface area contributed by atoms with Gasteiger partial charge in [0.05, 0.1) is 6.04 Å². The number of thiazole rings is 1. The van der Waals surface area contributed by atoms with Crippen LogP contribution < -0.4 is 32.4 Å². The van der Waals surface area contributed by atoms with Crippen molar-refractivity contribution in [1.82, 2.24) is 24.5 Å². The van der Waals surface area contributed by atoms with Crippen LogP contribution in [0.1, 0.15) is 22.6 Å². The topological polar surface area (TPSA) is 207 Å². The van der Waals surface area contributed by atoms with Crippen molar-refractivity contribution in [2.75, 3.05) is 37.4 Å². The number of pyridine rings is 1. The van der Waals surface area contributed by atoms with E-state index in [0.717, 1.165) is 15.9 Å². The largest absolute Gasteiger partial charge is 0.370 e. The first-order chi connectivity index (χ1) is 17.2. The zero-order chi connectivity index (χ0) is 26.1. The number of amides is 1. The fourth-order valence-electron chi connectivity index (χ4n) is 3.49. The maximum atomic E-state index is 12.9. The van der Waals surface area contributed by atoms with Gasteiger partial charge in [0.1, 0.15) is 12.2 Å². The molecule has 16 heteroatoms. The number of carbonyl (C=O) groups is 2. The average Bonchev–Trinajstić information content (AvgIpc) is 3.38. The number of piperazine rings is 1. The Hall–Kier alpha value is -3.34. The summed E-state index contributed by atoms with van der Waals surface area (Å²) < 4.78 is 29.9. The summed E-state index contributed by atoms with van der Waals surface area (Å²) in [4.78, 5) is 46.4. The number of carbonyl (C=O) groups excluding carboxylic acids is 2. The zero-order valence-electron chi connectivity index (χ0n) is 19.4. The summed E-state index contributed by atoms with van der Waals surface area (Å²) in [6.07, 6.45) is 3.52. The van der Waals surface area contributed by atoms with Gasteiger partial charge in [0.2, 0.25) is 11.7 Å². The van der Waals surface area contributed by atoms with Gasteiger partial charge in [-0.15, -0.1) is 11.3 Å². The van der Waals surface area contributed by atoms with Crippen molar-refractivity contribution < 1.29 is 18.0 Å². The van der Waals surface area contributed by atoms with Crippen molar-refractivity contribution in [2.45, 2.75) is 25.4 Å². The monoisotopic (exact) mass is 539 g/mol. The molecule has 1 amide bonds. The van der Waals surface area contributed by atoms with E-state index >= 15 is 0 Å². The van der Waals surface area contributed by atoms with Gasteiger partial charge in [-0.3, -0.25) is 24.1 Å². The summed E-state index contributed by atoms with van der Waals surface area (Å²) in [7, 11) is -3.93. The third-order valence-electron chi connectivity index (χ3n) is 5.23. The third-order valence-corrected chi connectivity index (χ3v) is 7.54. The molecule has 1 fully saturated rings. The average molecular weight is 540 g/mol. The Labute approximate surface area is 212 Å². The van der Waals surface area contributed by atoms with Crippen LogP contribution in [0.2, 0.25) is 0 Å². The van der Waals surface area contributed by atoms with Gasteiger partial charge in [-0.25, -0.2) is 4.98 Å². The predicted molar refractivity (Wildman–Crippen MR) is 136 cm³/mol. The van der Waals surface area contributed by atoms with E-state index < -0.39 is 34.3 Å². The number of Topliss-reactive ketones (excluding diaryl/α,β-unsaturated/α-hetero) is 1. The highest BCUT2D eigenvalue weighted by atomic mass is 32.2. The lowest BCUT2D eigenvalue weighted by Gasteiger charge is -2.26. The maximum absolute atomic E-state index is 12.9. The second-order valence-electron chi connectivity index (χ2n) is 7.88. The van der Waals surface area contributed by atoms with Gasteiger partial charge < -0.3 is 26.7 Å². The number of nitrogens with two attached hydrogens (primary N) is 2. The summed E-state index contributed by atoms with van der Waals surface area (Å²) in [5.74, 6) is -1.04. The van der Waals surface area contributed by atoms with Gasteiger partial charge in [0, 0.05) is 50.5 Å². The number of guanidine groups is 1. The lowest BCUT2D eigenvalue weighted by molar-refractivity contribution is -0.122. The Morgan fingerprint density at radius 2 is 2.03 bits per heavy atom. The SMILES string of the molecule is NC(N)=NCCC[C@H](NC(=O)Cn1cccc(NS(=O)(=O)N2CCNCC2)c1=O)C(=O)c1nccs1. The highest BCUT2D eigenvalue weighted by Crippen LogP contribution is 2.12. The second kappa shape index (κ2) is 12.6. The van der Waals surface area contributed by atoms with E-state index in [4.69, 9.17) is 11.5 Å². The van der Waals surface area contributed by atoms with E-state index in [2.05, 4.69) is 25.3 Å². The molecule has 0 aromatic carbocycles. The summed E-state index contributed by atoms with van der Waals surface area (Å²) in [5, 5.41) is 7.59. The van der Waals surface area contributed by atoms with E-state index in [9.17, 15) is 22.8 Å². The molecule has 1 aliphatic rings. The molecule has 0 unspecified atom stereocenters. The predicted octanol–water partition coefficient (Wildman–Crippen LogP) is -1.71. The van der Waals surface area contributed by atoms with E-state index in [1.54, 1.807) is 5.38 Å². The molecule has 0 bridgehead atoms. The molecule has 1 saturated heterocycles. The number of nitrogens with zero attached hydrogens (tertiary/aromatic N) is 4. The Kier molecular flexibility index (Phi) is 9.51. The van der Waals surface area contributed by atoms with Crippen molar-refractivity contribution in [3.63, 3.8) is 0 Å². The van der Waals surface area contributed by atoms with Crippen molar-refractivity contribution in [1.29, 1.82) is 0 Å². The van der Waals surface area contributed by atoms with Crippen molar-refractivity contribution in [3.05, 3.63) is 45.3 Å². The van der Waals surface area contributed by atoms with Crippen LogP contribution in [0, 0.1) is 0 Å². The highest BCUT2D eigenvalue weighted by Gasteiger charge is 2.26. The van der Waals surface area contributed by atoms with E-state index in [1.807, 2.05) is 0 Å². The molecule has 1 atom stereocenters. The standard InChI is InChI=1S/C20H29N9O5S2/c21-20(22)25-5-1-3-14(17(31)18-24-8-12-35-18)26-16(30)13-28-9-2-4-15(19(28)32)27-36(33,34)29-10-6-23-7-11-29/h2,4,8-9,12,14,23,27H,1,3,5-7,10-11,13H2,(H,26,30)(H4,21,22,25)/t14-/m0/s1. The van der Waals surface area contributed by atoms with Gasteiger partial charge in [-0.2, -0.15) is 12.7 Å². The van der Waals surface area contributed by atoms with Gasteiger partial charge in [0.25, 0.3) is 5.56 Å². The number of aromatic nitrogens is 2. The van der Waals surface area contributed by atoms with Crippen LogP contribution >= 0.6 is 11.3 Å². The lowest BCUT2D eigenvalue weighted by atomic mass is 10.1. The molecule has 196 valence electrons. The molecule has 7 N–H and O–H groups in total. The quantitative estimate of drug-likeness (QED) is 0.0899. The molecule has 3 heterocycles.